The van der Waals surface area contributed by atoms with Gasteiger partial charge in [-0.3, -0.25) is 0 Å². The predicted octanol–water partition coefficient (Wildman–Crippen LogP) is 1.94. The lowest BCUT2D eigenvalue weighted by Crippen LogP contribution is -2.55. The van der Waals surface area contributed by atoms with Crippen LogP contribution in [0.3, 0.4) is 0 Å². The van der Waals surface area contributed by atoms with Gasteiger partial charge in [-0.15, -0.1) is 0 Å². The molecule has 2 aliphatic heterocycles. The number of rotatable bonds is 3. The van der Waals surface area contributed by atoms with E-state index in [-0.39, 0.29) is 13.2 Å². The molecule has 2 aliphatic rings. The van der Waals surface area contributed by atoms with Crippen LogP contribution in [0.5, 0.6) is 0 Å². The summed E-state index contributed by atoms with van der Waals surface area (Å²) in [5.74, 6) is 0. The van der Waals surface area contributed by atoms with E-state index in [0.29, 0.717) is 0 Å². The topological polar surface area (TPSA) is 77.4 Å². The van der Waals surface area contributed by atoms with Crippen molar-refractivity contribution in [1.29, 1.82) is 0 Å². The van der Waals surface area contributed by atoms with Crippen molar-refractivity contribution < 1.29 is 29.2 Å². The number of aliphatic hydroxyl groups is 2. The highest BCUT2D eigenvalue weighted by Crippen LogP contribution is 2.34. The Hall–Kier alpha value is -1.80. The molecule has 138 valence electrons. The van der Waals surface area contributed by atoms with Gasteiger partial charge >= 0.3 is 0 Å². The summed E-state index contributed by atoms with van der Waals surface area (Å²) in [5.41, 5.74) is 1.70. The summed E-state index contributed by atoms with van der Waals surface area (Å²) in [6, 6.07) is 19.0. The standard InChI is InChI=1S/C20H22O6/c21-15-11-23-19(13-7-3-1-4-8-13)25-17(15)18-16(22)12-24-20(26-18)14-9-5-2-6-10-14/h1-10,15-22H,11-12H2/t15-,16+,17+,18-,19-,20+. The van der Waals surface area contributed by atoms with Gasteiger partial charge in [-0.05, 0) is 0 Å². The molecule has 6 atom stereocenters. The highest BCUT2D eigenvalue weighted by Gasteiger charge is 2.44. The summed E-state index contributed by atoms with van der Waals surface area (Å²) in [6.45, 7) is 0.210. The lowest BCUT2D eigenvalue weighted by molar-refractivity contribution is -0.331. The van der Waals surface area contributed by atoms with Gasteiger partial charge < -0.3 is 29.2 Å². The molecule has 2 aromatic carbocycles. The Labute approximate surface area is 151 Å². The molecule has 2 heterocycles. The van der Waals surface area contributed by atoms with E-state index in [1.807, 2.05) is 60.7 Å². The molecule has 6 nitrogen and oxygen atoms in total. The van der Waals surface area contributed by atoms with Crippen LogP contribution in [0.25, 0.3) is 0 Å². The number of hydrogen-bond donors (Lipinski definition) is 2. The molecule has 2 N–H and O–H groups in total. The number of aliphatic hydroxyl groups excluding tert-OH is 2. The molecule has 2 fully saturated rings. The van der Waals surface area contributed by atoms with Crippen molar-refractivity contribution in [2.45, 2.75) is 37.0 Å². The second kappa shape index (κ2) is 7.84. The maximum Gasteiger partial charge on any atom is 0.184 e. The fraction of sp³-hybridized carbons (Fsp3) is 0.400. The smallest absolute Gasteiger partial charge is 0.184 e. The highest BCUT2D eigenvalue weighted by atomic mass is 16.7. The first-order valence-electron chi connectivity index (χ1n) is 8.72. The molecular formula is C20H22O6. The minimum atomic E-state index is -0.899. The lowest BCUT2D eigenvalue weighted by Gasteiger charge is -2.43. The largest absolute Gasteiger partial charge is 0.388 e. The molecule has 0 amide bonds. The Bertz CT molecular complexity index is 632. The average Bonchev–Trinajstić information content (AvgIpc) is 2.70. The molecule has 0 saturated carbocycles. The zero-order chi connectivity index (χ0) is 17.9. The summed E-state index contributed by atoms with van der Waals surface area (Å²) in [5, 5.41) is 20.8. The van der Waals surface area contributed by atoms with Crippen molar-refractivity contribution in [3.63, 3.8) is 0 Å². The van der Waals surface area contributed by atoms with Crippen LogP contribution in [0.1, 0.15) is 23.7 Å². The Morgan fingerprint density at radius 3 is 1.38 bits per heavy atom. The van der Waals surface area contributed by atoms with Crippen LogP contribution in [-0.2, 0) is 18.9 Å². The molecule has 4 rings (SSSR count). The maximum atomic E-state index is 10.4. The average molecular weight is 358 g/mol. The van der Waals surface area contributed by atoms with Crippen LogP contribution in [0.2, 0.25) is 0 Å². The van der Waals surface area contributed by atoms with Crippen LogP contribution >= 0.6 is 0 Å². The fourth-order valence-electron chi connectivity index (χ4n) is 3.27. The van der Waals surface area contributed by atoms with E-state index >= 15 is 0 Å². The van der Waals surface area contributed by atoms with E-state index in [0.717, 1.165) is 11.1 Å². The maximum absolute atomic E-state index is 10.4. The monoisotopic (exact) mass is 358 g/mol. The molecule has 0 bridgehead atoms. The molecule has 2 saturated heterocycles. The Morgan fingerprint density at radius 1 is 0.615 bits per heavy atom. The molecule has 0 spiro atoms. The van der Waals surface area contributed by atoms with Crippen molar-refractivity contribution >= 4 is 0 Å². The lowest BCUT2D eigenvalue weighted by atomic mass is 10.0. The second-order valence-electron chi connectivity index (χ2n) is 6.49. The Morgan fingerprint density at radius 2 is 1.00 bits per heavy atom. The van der Waals surface area contributed by atoms with Gasteiger partial charge in [0.1, 0.15) is 24.4 Å². The van der Waals surface area contributed by atoms with Gasteiger partial charge in [0.25, 0.3) is 0 Å². The zero-order valence-corrected chi connectivity index (χ0v) is 14.2. The molecular weight excluding hydrogens is 336 g/mol. The SMILES string of the molecule is O[C@@H]1CO[C@@H](c2ccccc2)O[C@@H]1[C@@H]1O[C@@H](c2ccccc2)OC[C@@H]1O. The third-order valence-corrected chi connectivity index (χ3v) is 4.62. The van der Waals surface area contributed by atoms with Crippen molar-refractivity contribution in [2.75, 3.05) is 13.2 Å². The van der Waals surface area contributed by atoms with Crippen molar-refractivity contribution in [3.05, 3.63) is 71.8 Å². The number of benzene rings is 2. The van der Waals surface area contributed by atoms with Gasteiger partial charge in [0.2, 0.25) is 0 Å². The van der Waals surface area contributed by atoms with Crippen molar-refractivity contribution in [1.82, 2.24) is 0 Å². The van der Waals surface area contributed by atoms with Gasteiger partial charge in [0.05, 0.1) is 13.2 Å². The first kappa shape index (κ1) is 17.6. The first-order chi connectivity index (χ1) is 12.7. The minimum absolute atomic E-state index is 0.105. The van der Waals surface area contributed by atoms with E-state index in [1.165, 1.54) is 0 Å². The van der Waals surface area contributed by atoms with E-state index in [1.54, 1.807) is 0 Å². The summed E-state index contributed by atoms with van der Waals surface area (Å²) in [6.07, 6.45) is -4.47. The Balaban J connectivity index is 1.51. The molecule has 0 aromatic heterocycles. The van der Waals surface area contributed by atoms with Crippen LogP contribution < -0.4 is 0 Å². The number of ether oxygens (including phenoxy) is 4. The summed E-state index contributed by atoms with van der Waals surface area (Å²) >= 11 is 0. The van der Waals surface area contributed by atoms with Crippen LogP contribution in [0, 0.1) is 0 Å². The molecule has 6 heteroatoms. The van der Waals surface area contributed by atoms with Gasteiger partial charge in [-0.1, -0.05) is 60.7 Å². The minimum Gasteiger partial charge on any atom is -0.388 e. The highest BCUT2D eigenvalue weighted by molar-refractivity contribution is 5.18. The van der Waals surface area contributed by atoms with Crippen LogP contribution in [0.15, 0.2) is 60.7 Å². The Kier molecular flexibility index (Phi) is 5.31. The van der Waals surface area contributed by atoms with E-state index in [2.05, 4.69) is 0 Å². The van der Waals surface area contributed by atoms with Crippen molar-refractivity contribution in [2.24, 2.45) is 0 Å². The van der Waals surface area contributed by atoms with Crippen LogP contribution in [0.4, 0.5) is 0 Å². The molecule has 26 heavy (non-hydrogen) atoms. The summed E-state index contributed by atoms with van der Waals surface area (Å²) in [4.78, 5) is 0. The second-order valence-corrected chi connectivity index (χ2v) is 6.49. The fourth-order valence-corrected chi connectivity index (χ4v) is 3.27. The number of hydrogen-bond acceptors (Lipinski definition) is 6. The van der Waals surface area contributed by atoms with E-state index in [4.69, 9.17) is 18.9 Å². The molecule has 0 unspecified atom stereocenters. The van der Waals surface area contributed by atoms with Gasteiger partial charge in [0.15, 0.2) is 12.6 Å². The third kappa shape index (κ3) is 3.66. The van der Waals surface area contributed by atoms with Gasteiger partial charge in [0, 0.05) is 11.1 Å². The van der Waals surface area contributed by atoms with Crippen molar-refractivity contribution in [3.8, 4) is 0 Å². The molecule has 2 aromatic rings. The predicted molar refractivity (Wildman–Crippen MR) is 92.0 cm³/mol. The third-order valence-electron chi connectivity index (χ3n) is 4.62. The molecule has 0 aliphatic carbocycles. The van der Waals surface area contributed by atoms with Gasteiger partial charge in [-0.25, -0.2) is 0 Å². The van der Waals surface area contributed by atoms with Crippen LogP contribution in [-0.4, -0.2) is 47.8 Å². The quantitative estimate of drug-likeness (QED) is 0.873. The zero-order valence-electron chi connectivity index (χ0n) is 14.2. The molecule has 0 radical (unpaired) electrons. The van der Waals surface area contributed by atoms with E-state index in [9.17, 15) is 10.2 Å². The van der Waals surface area contributed by atoms with Gasteiger partial charge in [-0.2, -0.15) is 0 Å². The normalized spacial score (nSPS) is 35.2. The first-order valence-corrected chi connectivity index (χ1v) is 8.72. The summed E-state index contributed by atoms with van der Waals surface area (Å²) < 4.78 is 23.1. The summed E-state index contributed by atoms with van der Waals surface area (Å²) in [7, 11) is 0. The van der Waals surface area contributed by atoms with E-state index < -0.39 is 37.0 Å².